The number of hydrogen-bond acceptors (Lipinski definition) is 7. The Hall–Kier alpha value is -4.43. The van der Waals surface area contributed by atoms with Gasteiger partial charge in [-0.05, 0) is 66.5 Å². The topological polar surface area (TPSA) is 91.6 Å². The summed E-state index contributed by atoms with van der Waals surface area (Å²) in [5, 5.41) is 20.7. The summed E-state index contributed by atoms with van der Waals surface area (Å²) in [6.07, 6.45) is 1.50. The molecule has 1 saturated heterocycles. The minimum Gasteiger partial charge on any atom is -0.507 e. The van der Waals surface area contributed by atoms with Crippen LogP contribution in [0.4, 0.5) is 16.2 Å². The van der Waals surface area contributed by atoms with E-state index in [2.05, 4.69) is 10.2 Å². The van der Waals surface area contributed by atoms with Crippen LogP contribution in [0.2, 0.25) is 0 Å². The number of thioether (sulfide) groups is 1. The van der Waals surface area contributed by atoms with Crippen LogP contribution < -0.4 is 4.74 Å². The minimum absolute atomic E-state index is 0.0291. The number of aryl methyl sites for hydroxylation is 1. The molecule has 1 heterocycles. The number of nitrogens with zero attached hydrogens (tertiary/aromatic N) is 3. The number of amides is 2. The van der Waals surface area contributed by atoms with E-state index in [4.69, 9.17) is 4.74 Å². The van der Waals surface area contributed by atoms with Crippen LogP contribution in [0.25, 0.3) is 16.8 Å². The van der Waals surface area contributed by atoms with Crippen LogP contribution in [-0.4, -0.2) is 34.3 Å². The Balaban J connectivity index is 1.30. The van der Waals surface area contributed by atoms with Gasteiger partial charge in [0.2, 0.25) is 0 Å². The molecule has 184 valence electrons. The molecule has 0 spiro atoms. The molecule has 5 rings (SSSR count). The number of phenols is 1. The predicted octanol–water partition coefficient (Wildman–Crippen LogP) is 7.38. The largest absolute Gasteiger partial charge is 0.507 e. The second kappa shape index (κ2) is 10.7. The Morgan fingerprint density at radius 2 is 1.73 bits per heavy atom. The summed E-state index contributed by atoms with van der Waals surface area (Å²) in [5.74, 6) is 0.218. The minimum atomic E-state index is -0.426. The van der Waals surface area contributed by atoms with Crippen LogP contribution in [-0.2, 0) is 4.79 Å². The highest BCUT2D eigenvalue weighted by Crippen LogP contribution is 2.35. The van der Waals surface area contributed by atoms with E-state index in [1.165, 1.54) is 12.1 Å². The first kappa shape index (κ1) is 24.3. The van der Waals surface area contributed by atoms with Gasteiger partial charge in [-0.15, -0.1) is 5.11 Å². The lowest BCUT2D eigenvalue weighted by atomic mass is 10.1. The number of benzene rings is 4. The quantitative estimate of drug-likeness (QED) is 0.207. The molecule has 1 aliphatic heterocycles. The van der Waals surface area contributed by atoms with E-state index in [1.54, 1.807) is 12.1 Å². The fourth-order valence-corrected chi connectivity index (χ4v) is 4.71. The number of phenolic OH excluding ortho intramolecular Hbond substituents is 1. The zero-order chi connectivity index (χ0) is 25.8. The summed E-state index contributed by atoms with van der Waals surface area (Å²) >= 11 is 0.829. The van der Waals surface area contributed by atoms with Crippen molar-refractivity contribution in [1.82, 2.24) is 4.90 Å². The molecule has 37 heavy (non-hydrogen) atoms. The number of imide groups is 1. The molecule has 0 unspecified atom stereocenters. The summed E-state index contributed by atoms with van der Waals surface area (Å²) in [7, 11) is 0. The zero-order valence-electron chi connectivity index (χ0n) is 20.0. The van der Waals surface area contributed by atoms with Crippen LogP contribution in [0.5, 0.6) is 11.5 Å². The van der Waals surface area contributed by atoms with Crippen LogP contribution in [0.3, 0.4) is 0 Å². The van der Waals surface area contributed by atoms with Crippen molar-refractivity contribution in [1.29, 1.82) is 0 Å². The molecule has 4 aromatic carbocycles. The predicted molar refractivity (Wildman–Crippen MR) is 146 cm³/mol. The first-order valence-electron chi connectivity index (χ1n) is 11.7. The second-order valence-electron chi connectivity index (χ2n) is 8.44. The zero-order valence-corrected chi connectivity index (χ0v) is 20.8. The standard InChI is InChI=1S/C29H23N3O4S/c1-19-9-12-23(13-10-19)36-16-15-32-28(34)27(37-29(32)35)18-21-17-22(11-14-26(21)33)30-31-25-8-4-6-20-5-2-3-7-24(20)25/h2-14,17-18,33H,15-16H2,1H3/b27-18-,31-30?. The maximum absolute atomic E-state index is 12.9. The number of carbonyl (C=O) groups is 2. The van der Waals surface area contributed by atoms with Crippen molar-refractivity contribution in [2.45, 2.75) is 6.92 Å². The Labute approximate surface area is 218 Å². The third kappa shape index (κ3) is 5.54. The SMILES string of the molecule is Cc1ccc(OCCN2C(=O)S/C(=C\c3cc(N=Nc4cccc5ccccc45)ccc3O)C2=O)cc1. The van der Waals surface area contributed by atoms with Gasteiger partial charge >= 0.3 is 0 Å². The number of carbonyl (C=O) groups excluding carboxylic acids is 2. The van der Waals surface area contributed by atoms with E-state index in [0.29, 0.717) is 17.0 Å². The Morgan fingerprint density at radius 3 is 2.57 bits per heavy atom. The van der Waals surface area contributed by atoms with E-state index < -0.39 is 5.91 Å². The van der Waals surface area contributed by atoms with Gasteiger partial charge in [0.25, 0.3) is 11.1 Å². The average Bonchev–Trinajstić information content (AvgIpc) is 3.17. The highest BCUT2D eigenvalue weighted by molar-refractivity contribution is 8.18. The molecule has 8 heteroatoms. The monoisotopic (exact) mass is 509 g/mol. The molecule has 1 N–H and O–H groups in total. The molecule has 1 aliphatic rings. The number of aromatic hydroxyl groups is 1. The molecule has 4 aromatic rings. The molecule has 7 nitrogen and oxygen atoms in total. The van der Waals surface area contributed by atoms with Crippen molar-refractivity contribution in [2.75, 3.05) is 13.2 Å². The van der Waals surface area contributed by atoms with E-state index in [9.17, 15) is 14.7 Å². The normalized spacial score (nSPS) is 14.8. The lowest BCUT2D eigenvalue weighted by Crippen LogP contribution is -2.32. The molecule has 0 radical (unpaired) electrons. The first-order chi connectivity index (χ1) is 18.0. The van der Waals surface area contributed by atoms with Gasteiger partial charge in [0.05, 0.1) is 22.8 Å². The molecular formula is C29H23N3O4S. The molecule has 2 amide bonds. The molecule has 0 bridgehead atoms. The number of azo groups is 1. The van der Waals surface area contributed by atoms with Crippen molar-refractivity contribution in [2.24, 2.45) is 10.2 Å². The number of ether oxygens (including phenoxy) is 1. The van der Waals surface area contributed by atoms with Gasteiger partial charge in [0, 0.05) is 10.9 Å². The Bertz CT molecular complexity index is 1540. The third-order valence-corrected chi connectivity index (χ3v) is 6.72. The van der Waals surface area contributed by atoms with Gasteiger partial charge in [-0.2, -0.15) is 5.11 Å². The van der Waals surface area contributed by atoms with Gasteiger partial charge in [0.1, 0.15) is 18.1 Å². The summed E-state index contributed by atoms with van der Waals surface area (Å²) in [6.45, 7) is 2.29. The van der Waals surface area contributed by atoms with E-state index >= 15 is 0 Å². The molecule has 0 atom stereocenters. The van der Waals surface area contributed by atoms with Gasteiger partial charge < -0.3 is 9.84 Å². The Morgan fingerprint density at radius 1 is 0.946 bits per heavy atom. The molecule has 0 aliphatic carbocycles. The summed E-state index contributed by atoms with van der Waals surface area (Å²) in [5.41, 5.74) is 2.71. The lowest BCUT2D eigenvalue weighted by molar-refractivity contribution is -0.123. The highest BCUT2D eigenvalue weighted by Gasteiger charge is 2.35. The first-order valence-corrected chi connectivity index (χ1v) is 12.5. The van der Waals surface area contributed by atoms with Crippen LogP contribution in [0.1, 0.15) is 11.1 Å². The van der Waals surface area contributed by atoms with E-state index in [-0.39, 0.29) is 29.0 Å². The van der Waals surface area contributed by atoms with Crippen molar-refractivity contribution in [3.8, 4) is 11.5 Å². The summed E-state index contributed by atoms with van der Waals surface area (Å²) < 4.78 is 5.66. The molecule has 0 aromatic heterocycles. The van der Waals surface area contributed by atoms with Gasteiger partial charge in [-0.25, -0.2) is 0 Å². The van der Waals surface area contributed by atoms with E-state index in [1.807, 2.05) is 73.7 Å². The van der Waals surface area contributed by atoms with Crippen LogP contribution >= 0.6 is 11.8 Å². The smallest absolute Gasteiger partial charge is 0.293 e. The van der Waals surface area contributed by atoms with E-state index in [0.717, 1.165) is 38.7 Å². The summed E-state index contributed by atoms with van der Waals surface area (Å²) in [6, 6.07) is 26.0. The number of hydrogen-bond donors (Lipinski definition) is 1. The fraction of sp³-hybridized carbons (Fsp3) is 0.103. The van der Waals surface area contributed by atoms with Crippen molar-refractivity contribution in [3.05, 3.63) is 101 Å². The third-order valence-electron chi connectivity index (χ3n) is 5.82. The molecule has 1 fully saturated rings. The van der Waals surface area contributed by atoms with Gasteiger partial charge in [-0.3, -0.25) is 14.5 Å². The van der Waals surface area contributed by atoms with Crippen molar-refractivity contribution in [3.63, 3.8) is 0 Å². The fourth-order valence-electron chi connectivity index (χ4n) is 3.85. The number of fused-ring (bicyclic) bond motifs is 1. The maximum atomic E-state index is 12.9. The average molecular weight is 510 g/mol. The Kier molecular flexibility index (Phi) is 7.00. The lowest BCUT2D eigenvalue weighted by Gasteiger charge is -2.13. The molecule has 0 saturated carbocycles. The van der Waals surface area contributed by atoms with Crippen LogP contribution in [0, 0.1) is 6.92 Å². The summed E-state index contributed by atoms with van der Waals surface area (Å²) in [4.78, 5) is 26.7. The van der Waals surface area contributed by atoms with Gasteiger partial charge in [-0.1, -0.05) is 54.1 Å². The maximum Gasteiger partial charge on any atom is 0.293 e. The van der Waals surface area contributed by atoms with Crippen LogP contribution in [0.15, 0.2) is 100 Å². The van der Waals surface area contributed by atoms with Gasteiger partial charge in [0.15, 0.2) is 0 Å². The van der Waals surface area contributed by atoms with Crippen molar-refractivity contribution >= 4 is 51.1 Å². The second-order valence-corrected chi connectivity index (χ2v) is 9.43. The van der Waals surface area contributed by atoms with Crippen molar-refractivity contribution < 1.29 is 19.4 Å². The number of rotatable bonds is 7. The molecular weight excluding hydrogens is 486 g/mol. The highest BCUT2D eigenvalue weighted by atomic mass is 32.2.